The Balaban J connectivity index is 0.00000180. The molecule has 1 fully saturated rings. The zero-order chi connectivity index (χ0) is 12.7. The molecular formula is C14H24Cl2N2O2. The van der Waals surface area contributed by atoms with Gasteiger partial charge in [-0.3, -0.25) is 0 Å². The van der Waals surface area contributed by atoms with Crippen LogP contribution in [0.2, 0.25) is 0 Å². The highest BCUT2D eigenvalue weighted by atomic mass is 35.5. The Bertz CT molecular complexity index is 346. The first-order valence-corrected chi connectivity index (χ1v) is 6.54. The molecule has 0 radical (unpaired) electrons. The van der Waals surface area contributed by atoms with E-state index in [0.29, 0.717) is 26.3 Å². The van der Waals surface area contributed by atoms with Crippen molar-refractivity contribution in [1.82, 2.24) is 10.6 Å². The third-order valence-electron chi connectivity index (χ3n) is 3.21. The summed E-state index contributed by atoms with van der Waals surface area (Å²) in [6, 6.07) is 10.1. The van der Waals surface area contributed by atoms with E-state index in [1.54, 1.807) is 0 Å². The molecule has 0 bridgehead atoms. The average Bonchev–Trinajstić information content (AvgIpc) is 2.82. The molecule has 0 aromatic heterocycles. The summed E-state index contributed by atoms with van der Waals surface area (Å²) < 4.78 is 5.56. The SMILES string of the molecule is Cl.Cl.OC1(CNCCOCc2ccccc2)CCNC1. The summed E-state index contributed by atoms with van der Waals surface area (Å²) in [4.78, 5) is 0. The molecule has 1 aliphatic rings. The number of halogens is 2. The number of nitrogens with one attached hydrogen (secondary N) is 2. The minimum atomic E-state index is -0.570. The second-order valence-electron chi connectivity index (χ2n) is 4.87. The first kappa shape index (κ1) is 19.6. The smallest absolute Gasteiger partial charge is 0.0907 e. The zero-order valence-corrected chi connectivity index (χ0v) is 13.1. The Morgan fingerprint density at radius 2 is 2.00 bits per heavy atom. The molecule has 0 spiro atoms. The lowest BCUT2D eigenvalue weighted by molar-refractivity contribution is 0.0565. The van der Waals surface area contributed by atoms with E-state index >= 15 is 0 Å². The van der Waals surface area contributed by atoms with Gasteiger partial charge in [-0.05, 0) is 18.5 Å². The number of β-amino-alcohol motifs (C(OH)–C–C–N with tert-alkyl or cyclic N) is 1. The molecule has 1 atom stereocenters. The number of ether oxygens (including phenoxy) is 1. The van der Waals surface area contributed by atoms with Crippen molar-refractivity contribution in [2.45, 2.75) is 18.6 Å². The van der Waals surface area contributed by atoms with Crippen molar-refractivity contribution in [3.05, 3.63) is 35.9 Å². The number of hydrogen-bond donors (Lipinski definition) is 3. The standard InChI is InChI=1S/C14H22N2O2.2ClH/c17-14(6-7-15-11-14)12-16-8-9-18-10-13-4-2-1-3-5-13;;/h1-5,15-17H,6-12H2;2*1H. The first-order chi connectivity index (χ1) is 8.79. The van der Waals surface area contributed by atoms with Crippen molar-refractivity contribution >= 4 is 24.8 Å². The lowest BCUT2D eigenvalue weighted by atomic mass is 10.0. The van der Waals surface area contributed by atoms with E-state index in [2.05, 4.69) is 22.8 Å². The third-order valence-corrected chi connectivity index (χ3v) is 3.21. The molecule has 2 rings (SSSR count). The summed E-state index contributed by atoms with van der Waals surface area (Å²) in [7, 11) is 0. The lowest BCUT2D eigenvalue weighted by Gasteiger charge is -2.21. The van der Waals surface area contributed by atoms with Gasteiger partial charge in [-0.1, -0.05) is 30.3 Å². The molecule has 1 aliphatic heterocycles. The molecule has 0 amide bonds. The molecule has 3 N–H and O–H groups in total. The first-order valence-electron chi connectivity index (χ1n) is 6.54. The van der Waals surface area contributed by atoms with Crippen LogP contribution in [-0.2, 0) is 11.3 Å². The van der Waals surface area contributed by atoms with Gasteiger partial charge in [-0.25, -0.2) is 0 Å². The van der Waals surface area contributed by atoms with Crippen molar-refractivity contribution in [3.63, 3.8) is 0 Å². The van der Waals surface area contributed by atoms with Gasteiger partial charge in [0.15, 0.2) is 0 Å². The Labute approximate surface area is 133 Å². The number of benzene rings is 1. The van der Waals surface area contributed by atoms with Crippen LogP contribution in [0.3, 0.4) is 0 Å². The van der Waals surface area contributed by atoms with E-state index in [-0.39, 0.29) is 24.8 Å². The monoisotopic (exact) mass is 322 g/mol. The average molecular weight is 323 g/mol. The van der Waals surface area contributed by atoms with Gasteiger partial charge in [-0.15, -0.1) is 24.8 Å². The van der Waals surface area contributed by atoms with Crippen LogP contribution in [0.1, 0.15) is 12.0 Å². The predicted molar refractivity (Wildman–Crippen MR) is 85.9 cm³/mol. The van der Waals surface area contributed by atoms with E-state index in [1.165, 1.54) is 5.56 Å². The maximum absolute atomic E-state index is 10.1. The minimum absolute atomic E-state index is 0. The molecule has 1 aromatic rings. The van der Waals surface area contributed by atoms with E-state index in [4.69, 9.17) is 4.74 Å². The van der Waals surface area contributed by atoms with Crippen LogP contribution in [-0.4, -0.2) is 43.5 Å². The van der Waals surface area contributed by atoms with E-state index < -0.39 is 5.60 Å². The van der Waals surface area contributed by atoms with Gasteiger partial charge in [0.1, 0.15) is 0 Å². The fourth-order valence-electron chi connectivity index (χ4n) is 2.11. The molecular weight excluding hydrogens is 299 g/mol. The van der Waals surface area contributed by atoms with Crippen molar-refractivity contribution in [1.29, 1.82) is 0 Å². The highest BCUT2D eigenvalue weighted by Crippen LogP contribution is 2.12. The maximum Gasteiger partial charge on any atom is 0.0907 e. The zero-order valence-electron chi connectivity index (χ0n) is 11.5. The topological polar surface area (TPSA) is 53.5 Å². The molecule has 116 valence electrons. The van der Waals surface area contributed by atoms with Crippen molar-refractivity contribution in [3.8, 4) is 0 Å². The van der Waals surface area contributed by atoms with Crippen LogP contribution in [0, 0.1) is 0 Å². The molecule has 4 nitrogen and oxygen atoms in total. The van der Waals surface area contributed by atoms with Crippen LogP contribution in [0.25, 0.3) is 0 Å². The van der Waals surface area contributed by atoms with Crippen LogP contribution in [0.5, 0.6) is 0 Å². The van der Waals surface area contributed by atoms with Crippen molar-refractivity contribution in [2.24, 2.45) is 0 Å². The van der Waals surface area contributed by atoms with Crippen LogP contribution in [0.15, 0.2) is 30.3 Å². The molecule has 1 aromatic carbocycles. The van der Waals surface area contributed by atoms with Gasteiger partial charge in [0, 0.05) is 19.6 Å². The van der Waals surface area contributed by atoms with Crippen molar-refractivity contribution in [2.75, 3.05) is 32.8 Å². The number of rotatable bonds is 7. The van der Waals surface area contributed by atoms with E-state index in [1.807, 2.05) is 18.2 Å². The largest absolute Gasteiger partial charge is 0.387 e. The highest BCUT2D eigenvalue weighted by molar-refractivity contribution is 5.85. The second-order valence-corrected chi connectivity index (χ2v) is 4.87. The fourth-order valence-corrected chi connectivity index (χ4v) is 2.11. The predicted octanol–water partition coefficient (Wildman–Crippen LogP) is 1.36. The highest BCUT2D eigenvalue weighted by Gasteiger charge is 2.29. The molecule has 6 heteroatoms. The molecule has 0 saturated carbocycles. The summed E-state index contributed by atoms with van der Waals surface area (Å²) in [5.41, 5.74) is 0.621. The van der Waals surface area contributed by atoms with Gasteiger partial charge in [0.2, 0.25) is 0 Å². The molecule has 1 unspecified atom stereocenters. The molecule has 1 saturated heterocycles. The van der Waals surface area contributed by atoms with Gasteiger partial charge in [0.25, 0.3) is 0 Å². The lowest BCUT2D eigenvalue weighted by Crippen LogP contribution is -2.43. The number of aliphatic hydroxyl groups is 1. The van der Waals surface area contributed by atoms with Gasteiger partial charge in [0.05, 0.1) is 18.8 Å². The minimum Gasteiger partial charge on any atom is -0.387 e. The quantitative estimate of drug-likeness (QED) is 0.663. The van der Waals surface area contributed by atoms with Crippen LogP contribution < -0.4 is 10.6 Å². The van der Waals surface area contributed by atoms with Gasteiger partial charge >= 0.3 is 0 Å². The molecule has 1 heterocycles. The number of hydrogen-bond acceptors (Lipinski definition) is 4. The Hall–Kier alpha value is -0.360. The Morgan fingerprint density at radius 3 is 2.65 bits per heavy atom. The van der Waals surface area contributed by atoms with E-state index in [0.717, 1.165) is 19.5 Å². The van der Waals surface area contributed by atoms with Crippen molar-refractivity contribution < 1.29 is 9.84 Å². The normalized spacial score (nSPS) is 21.1. The summed E-state index contributed by atoms with van der Waals surface area (Å²) in [5, 5.41) is 16.5. The maximum atomic E-state index is 10.1. The van der Waals surface area contributed by atoms with Gasteiger partial charge < -0.3 is 20.5 Å². The molecule has 20 heavy (non-hydrogen) atoms. The Kier molecular flexibility index (Phi) is 10.2. The second kappa shape index (κ2) is 10.4. The summed E-state index contributed by atoms with van der Waals surface area (Å²) in [5.74, 6) is 0. The van der Waals surface area contributed by atoms with Crippen LogP contribution >= 0.6 is 24.8 Å². The Morgan fingerprint density at radius 1 is 1.25 bits per heavy atom. The fraction of sp³-hybridized carbons (Fsp3) is 0.571. The van der Waals surface area contributed by atoms with E-state index in [9.17, 15) is 5.11 Å². The third kappa shape index (κ3) is 6.88. The summed E-state index contributed by atoms with van der Waals surface area (Å²) in [6.07, 6.45) is 0.824. The van der Waals surface area contributed by atoms with Gasteiger partial charge in [-0.2, -0.15) is 0 Å². The van der Waals surface area contributed by atoms with Crippen LogP contribution in [0.4, 0.5) is 0 Å². The summed E-state index contributed by atoms with van der Waals surface area (Å²) in [6.45, 7) is 4.31. The summed E-state index contributed by atoms with van der Waals surface area (Å²) >= 11 is 0. The molecule has 0 aliphatic carbocycles.